The third kappa shape index (κ3) is 2.53. The molecule has 1 heterocycles. The number of nitrogens with one attached hydrogen (secondary N) is 1. The Labute approximate surface area is 105 Å². The van der Waals surface area contributed by atoms with E-state index in [2.05, 4.69) is 11.4 Å². The Kier molecular flexibility index (Phi) is 3.37. The van der Waals surface area contributed by atoms with E-state index >= 15 is 0 Å². The van der Waals surface area contributed by atoms with E-state index in [9.17, 15) is 4.79 Å². The topological polar surface area (TPSA) is 62.5 Å². The molecule has 4 nitrogen and oxygen atoms in total. The zero-order valence-corrected chi connectivity index (χ0v) is 10.4. The number of carboxylic acid groups (broad SMARTS) is 1. The van der Waals surface area contributed by atoms with E-state index in [0.29, 0.717) is 12.3 Å². The maximum atomic E-state index is 10.9. The first-order chi connectivity index (χ1) is 8.58. The van der Waals surface area contributed by atoms with E-state index in [0.717, 1.165) is 11.3 Å². The summed E-state index contributed by atoms with van der Waals surface area (Å²) in [4.78, 5) is 10.9. The summed E-state index contributed by atoms with van der Waals surface area (Å²) < 4.78 is 5.17. The summed E-state index contributed by atoms with van der Waals surface area (Å²) in [5.41, 5.74) is 3.50. The van der Waals surface area contributed by atoms with E-state index < -0.39 is 5.97 Å². The highest BCUT2D eigenvalue weighted by atomic mass is 16.4. The average Bonchev–Trinajstić information content (AvgIpc) is 2.76. The molecule has 0 aliphatic heterocycles. The highest BCUT2D eigenvalue weighted by Gasteiger charge is 2.12. The van der Waals surface area contributed by atoms with Gasteiger partial charge in [0, 0.05) is 5.69 Å². The van der Waals surface area contributed by atoms with Gasteiger partial charge < -0.3 is 14.8 Å². The lowest BCUT2D eigenvalue weighted by Gasteiger charge is -2.09. The summed E-state index contributed by atoms with van der Waals surface area (Å²) in [5, 5.41) is 12.1. The second kappa shape index (κ2) is 4.96. The predicted molar refractivity (Wildman–Crippen MR) is 68.9 cm³/mol. The van der Waals surface area contributed by atoms with Gasteiger partial charge in [0.15, 0.2) is 0 Å². The van der Waals surface area contributed by atoms with E-state index in [4.69, 9.17) is 9.52 Å². The van der Waals surface area contributed by atoms with Crippen molar-refractivity contribution in [1.82, 2.24) is 0 Å². The first kappa shape index (κ1) is 12.2. The van der Waals surface area contributed by atoms with E-state index in [1.165, 1.54) is 17.9 Å². The van der Waals surface area contributed by atoms with Crippen molar-refractivity contribution in [2.24, 2.45) is 0 Å². The molecular formula is C14H15NO3. The Morgan fingerprint density at radius 2 is 2.11 bits per heavy atom. The van der Waals surface area contributed by atoms with Gasteiger partial charge >= 0.3 is 5.97 Å². The molecule has 18 heavy (non-hydrogen) atoms. The second-order valence-electron chi connectivity index (χ2n) is 4.23. The molecule has 0 atom stereocenters. The zero-order chi connectivity index (χ0) is 13.1. The fourth-order valence-electron chi connectivity index (χ4n) is 1.86. The molecule has 1 aromatic heterocycles. The molecule has 4 heteroatoms. The van der Waals surface area contributed by atoms with Crippen LogP contribution in [0.3, 0.4) is 0 Å². The summed E-state index contributed by atoms with van der Waals surface area (Å²) >= 11 is 0. The van der Waals surface area contributed by atoms with Crippen molar-refractivity contribution in [2.75, 3.05) is 5.32 Å². The number of aromatic carboxylic acids is 1. The number of furan rings is 1. The summed E-state index contributed by atoms with van der Waals surface area (Å²) in [6.07, 6.45) is 1.39. The monoisotopic (exact) mass is 245 g/mol. The highest BCUT2D eigenvalue weighted by Crippen LogP contribution is 2.18. The molecule has 0 saturated carbocycles. The fourth-order valence-corrected chi connectivity index (χ4v) is 1.86. The van der Waals surface area contributed by atoms with Gasteiger partial charge in [0.2, 0.25) is 0 Å². The second-order valence-corrected chi connectivity index (χ2v) is 4.23. The quantitative estimate of drug-likeness (QED) is 0.868. The number of hydrogen-bond acceptors (Lipinski definition) is 3. The van der Waals surface area contributed by atoms with Crippen molar-refractivity contribution in [2.45, 2.75) is 20.4 Å². The Hall–Kier alpha value is -2.23. The van der Waals surface area contributed by atoms with Crippen LogP contribution in [0, 0.1) is 13.8 Å². The van der Waals surface area contributed by atoms with Gasteiger partial charge in [-0.3, -0.25) is 0 Å². The van der Waals surface area contributed by atoms with Crippen LogP contribution in [0.15, 0.2) is 34.9 Å². The molecular weight excluding hydrogens is 230 g/mol. The molecule has 0 unspecified atom stereocenters. The zero-order valence-electron chi connectivity index (χ0n) is 10.4. The van der Waals surface area contributed by atoms with Crippen LogP contribution in [0.5, 0.6) is 0 Å². The Bertz CT molecular complexity index is 572. The lowest BCUT2D eigenvalue weighted by Crippen LogP contribution is -2.05. The molecule has 1 aromatic carbocycles. The molecule has 2 rings (SSSR count). The Balaban J connectivity index is 2.11. The average molecular weight is 245 g/mol. The molecule has 94 valence electrons. The molecule has 2 aromatic rings. The standard InChI is InChI=1S/C14H15NO3/c1-9-3-4-12(10(2)7-9)15-8-13-11(14(16)17)5-6-18-13/h3-7,15H,8H2,1-2H3,(H,16,17). The van der Waals surface area contributed by atoms with Crippen LogP contribution in [0.25, 0.3) is 0 Å². The summed E-state index contributed by atoms with van der Waals surface area (Å²) in [7, 11) is 0. The Morgan fingerprint density at radius 3 is 2.78 bits per heavy atom. The van der Waals surface area contributed by atoms with Gasteiger partial charge in [0.1, 0.15) is 11.3 Å². The SMILES string of the molecule is Cc1ccc(NCc2occc2C(=O)O)c(C)c1. The summed E-state index contributed by atoms with van der Waals surface area (Å²) in [6, 6.07) is 7.52. The summed E-state index contributed by atoms with van der Waals surface area (Å²) in [5.74, 6) is -0.538. The molecule has 0 radical (unpaired) electrons. The number of carboxylic acids is 1. The number of anilines is 1. The summed E-state index contributed by atoms with van der Waals surface area (Å²) in [6.45, 7) is 4.40. The van der Waals surface area contributed by atoms with Crippen LogP contribution in [-0.2, 0) is 6.54 Å². The minimum Gasteiger partial charge on any atom is -0.478 e. The van der Waals surface area contributed by atoms with Gasteiger partial charge in [0.25, 0.3) is 0 Å². The number of aryl methyl sites for hydroxylation is 2. The van der Waals surface area contributed by atoms with E-state index in [-0.39, 0.29) is 5.56 Å². The van der Waals surface area contributed by atoms with Crippen molar-refractivity contribution in [3.63, 3.8) is 0 Å². The number of benzene rings is 1. The van der Waals surface area contributed by atoms with Crippen molar-refractivity contribution < 1.29 is 14.3 Å². The first-order valence-corrected chi connectivity index (χ1v) is 5.68. The van der Waals surface area contributed by atoms with Gasteiger partial charge in [0.05, 0.1) is 12.8 Å². The number of rotatable bonds is 4. The van der Waals surface area contributed by atoms with Gasteiger partial charge in [-0.05, 0) is 31.5 Å². The van der Waals surface area contributed by atoms with Crippen molar-refractivity contribution >= 4 is 11.7 Å². The van der Waals surface area contributed by atoms with Crippen LogP contribution in [-0.4, -0.2) is 11.1 Å². The lowest BCUT2D eigenvalue weighted by molar-refractivity contribution is 0.0694. The highest BCUT2D eigenvalue weighted by molar-refractivity contribution is 5.88. The molecule has 0 aliphatic carbocycles. The van der Waals surface area contributed by atoms with Crippen LogP contribution < -0.4 is 5.32 Å². The third-order valence-electron chi connectivity index (χ3n) is 2.80. The lowest BCUT2D eigenvalue weighted by atomic mass is 10.1. The van der Waals surface area contributed by atoms with Crippen molar-refractivity contribution in [3.8, 4) is 0 Å². The molecule has 0 spiro atoms. The van der Waals surface area contributed by atoms with Crippen LogP contribution >= 0.6 is 0 Å². The number of hydrogen-bond donors (Lipinski definition) is 2. The maximum absolute atomic E-state index is 10.9. The normalized spacial score (nSPS) is 10.3. The van der Waals surface area contributed by atoms with Gasteiger partial charge in [-0.1, -0.05) is 17.7 Å². The molecule has 0 fully saturated rings. The molecule has 0 bridgehead atoms. The minimum atomic E-state index is -0.971. The molecule has 0 saturated heterocycles. The van der Waals surface area contributed by atoms with Crippen LogP contribution in [0.1, 0.15) is 27.2 Å². The minimum absolute atomic E-state index is 0.201. The van der Waals surface area contributed by atoms with Crippen LogP contribution in [0.4, 0.5) is 5.69 Å². The molecule has 2 N–H and O–H groups in total. The van der Waals surface area contributed by atoms with Gasteiger partial charge in [-0.2, -0.15) is 0 Å². The largest absolute Gasteiger partial charge is 0.478 e. The van der Waals surface area contributed by atoms with Crippen molar-refractivity contribution in [3.05, 3.63) is 53.0 Å². The molecule has 0 amide bonds. The first-order valence-electron chi connectivity index (χ1n) is 5.68. The fraction of sp³-hybridized carbons (Fsp3) is 0.214. The van der Waals surface area contributed by atoms with E-state index in [1.54, 1.807) is 0 Å². The van der Waals surface area contributed by atoms with E-state index in [1.807, 2.05) is 26.0 Å². The van der Waals surface area contributed by atoms with Gasteiger partial charge in [-0.25, -0.2) is 4.79 Å². The van der Waals surface area contributed by atoms with Gasteiger partial charge in [-0.15, -0.1) is 0 Å². The van der Waals surface area contributed by atoms with Crippen molar-refractivity contribution in [1.29, 1.82) is 0 Å². The maximum Gasteiger partial charge on any atom is 0.339 e. The smallest absolute Gasteiger partial charge is 0.339 e. The van der Waals surface area contributed by atoms with Crippen LogP contribution in [0.2, 0.25) is 0 Å². The predicted octanol–water partition coefficient (Wildman–Crippen LogP) is 3.21. The Morgan fingerprint density at radius 1 is 1.33 bits per heavy atom. The molecule has 0 aliphatic rings. The third-order valence-corrected chi connectivity index (χ3v) is 2.80. The number of carbonyl (C=O) groups is 1.